The van der Waals surface area contributed by atoms with Crippen LogP contribution in [0.15, 0.2) is 30.3 Å². The van der Waals surface area contributed by atoms with Gasteiger partial charge in [0.1, 0.15) is 30.1 Å². The van der Waals surface area contributed by atoms with Gasteiger partial charge in [-0.25, -0.2) is 9.97 Å². The van der Waals surface area contributed by atoms with E-state index < -0.39 is 6.10 Å². The van der Waals surface area contributed by atoms with Gasteiger partial charge in [-0.05, 0) is 32.0 Å². The lowest BCUT2D eigenvalue weighted by Crippen LogP contribution is -2.44. The van der Waals surface area contributed by atoms with Gasteiger partial charge in [0.15, 0.2) is 5.82 Å². The fraction of sp³-hybridized carbons (Fsp3) is 0.583. The Morgan fingerprint density at radius 3 is 2.79 bits per heavy atom. The molecule has 0 aliphatic carbocycles. The van der Waals surface area contributed by atoms with Crippen molar-refractivity contribution in [3.8, 4) is 17.1 Å². The van der Waals surface area contributed by atoms with Crippen LogP contribution in [-0.4, -0.2) is 93.9 Å². The van der Waals surface area contributed by atoms with Crippen LogP contribution in [0.5, 0.6) is 5.75 Å². The van der Waals surface area contributed by atoms with Gasteiger partial charge in [-0.2, -0.15) is 0 Å². The lowest BCUT2D eigenvalue weighted by Gasteiger charge is -2.33. The van der Waals surface area contributed by atoms with Crippen molar-refractivity contribution < 1.29 is 14.6 Å². The molecular weight excluding hydrogens is 420 g/mol. The Bertz CT molecular complexity index is 886. The average Bonchev–Trinajstić information content (AvgIpc) is 2.88. The molecule has 180 valence electrons. The number of ether oxygens (including phenoxy) is 2. The zero-order chi connectivity index (χ0) is 23.0. The van der Waals surface area contributed by atoms with E-state index in [1.165, 1.54) is 0 Å². The van der Waals surface area contributed by atoms with Crippen LogP contribution in [0.4, 0.5) is 11.6 Å². The molecule has 33 heavy (non-hydrogen) atoms. The number of nitrogens with one attached hydrogen (secondary N) is 2. The molecule has 2 fully saturated rings. The van der Waals surface area contributed by atoms with E-state index in [4.69, 9.17) is 19.4 Å². The highest BCUT2D eigenvalue weighted by Gasteiger charge is 2.23. The Morgan fingerprint density at radius 2 is 2.03 bits per heavy atom. The summed E-state index contributed by atoms with van der Waals surface area (Å²) in [5, 5.41) is 16.3. The summed E-state index contributed by atoms with van der Waals surface area (Å²) in [5.41, 5.74) is 0.897. The molecule has 4 rings (SSSR count). The Kier molecular flexibility index (Phi) is 8.33. The molecule has 9 heteroatoms. The van der Waals surface area contributed by atoms with Gasteiger partial charge in [0, 0.05) is 70.7 Å². The van der Waals surface area contributed by atoms with Gasteiger partial charge in [0.2, 0.25) is 0 Å². The number of aliphatic hydroxyl groups is 1. The SMILES string of the molecule is CNCC(O)COc1cccc(-c2nc(N3CCNCC3)cc(N(C)C3CCOCC3)n2)c1. The number of rotatable bonds is 9. The van der Waals surface area contributed by atoms with E-state index in [-0.39, 0.29) is 6.61 Å². The minimum Gasteiger partial charge on any atom is -0.491 e. The maximum Gasteiger partial charge on any atom is 0.163 e. The van der Waals surface area contributed by atoms with E-state index in [0.29, 0.717) is 24.2 Å². The fourth-order valence-electron chi connectivity index (χ4n) is 4.26. The summed E-state index contributed by atoms with van der Waals surface area (Å²) in [6.45, 7) is 6.02. The second-order valence-electron chi connectivity index (χ2n) is 8.65. The number of benzene rings is 1. The normalized spacial score (nSPS) is 18.2. The Hall–Kier alpha value is -2.46. The van der Waals surface area contributed by atoms with Crippen molar-refractivity contribution in [3.63, 3.8) is 0 Å². The Labute approximate surface area is 196 Å². The molecule has 0 amide bonds. The van der Waals surface area contributed by atoms with Crippen molar-refractivity contribution in [1.82, 2.24) is 20.6 Å². The van der Waals surface area contributed by atoms with E-state index in [1.54, 1.807) is 0 Å². The van der Waals surface area contributed by atoms with Crippen molar-refractivity contribution in [2.24, 2.45) is 0 Å². The summed E-state index contributed by atoms with van der Waals surface area (Å²) in [5.74, 6) is 3.25. The van der Waals surface area contributed by atoms with Crippen LogP contribution in [0.2, 0.25) is 0 Å². The summed E-state index contributed by atoms with van der Waals surface area (Å²) in [6, 6.07) is 10.3. The standard InChI is InChI=1S/C24H36N6O3/c1-25-16-20(31)17-33-21-5-3-4-18(14-21)24-27-22(29(2)19-6-12-32-13-7-19)15-23(28-24)30-10-8-26-9-11-30/h3-5,14-15,19-20,25-26,31H,6-13,16-17H2,1-2H3. The number of hydrogen-bond donors (Lipinski definition) is 3. The van der Waals surface area contributed by atoms with Gasteiger partial charge in [-0.1, -0.05) is 12.1 Å². The zero-order valence-corrected chi connectivity index (χ0v) is 19.7. The van der Waals surface area contributed by atoms with E-state index in [0.717, 1.165) is 69.4 Å². The highest BCUT2D eigenvalue weighted by Crippen LogP contribution is 2.29. The van der Waals surface area contributed by atoms with Gasteiger partial charge < -0.3 is 35.0 Å². The van der Waals surface area contributed by atoms with Crippen LogP contribution in [0.1, 0.15) is 12.8 Å². The molecule has 1 unspecified atom stereocenters. The molecule has 3 N–H and O–H groups in total. The molecule has 9 nitrogen and oxygen atoms in total. The summed E-state index contributed by atoms with van der Waals surface area (Å²) >= 11 is 0. The molecule has 2 aliphatic rings. The van der Waals surface area contributed by atoms with Gasteiger partial charge in [-0.3, -0.25) is 0 Å². The summed E-state index contributed by atoms with van der Waals surface area (Å²) < 4.78 is 11.4. The second kappa shape index (κ2) is 11.6. The van der Waals surface area contributed by atoms with Crippen molar-refractivity contribution >= 4 is 11.6 Å². The molecule has 1 atom stereocenters. The van der Waals surface area contributed by atoms with Crippen molar-refractivity contribution in [1.29, 1.82) is 0 Å². The first kappa shape index (κ1) is 23.7. The Balaban J connectivity index is 1.61. The van der Waals surface area contributed by atoms with Crippen LogP contribution in [0.3, 0.4) is 0 Å². The fourth-order valence-corrected chi connectivity index (χ4v) is 4.26. The highest BCUT2D eigenvalue weighted by molar-refractivity contribution is 5.64. The van der Waals surface area contributed by atoms with E-state index in [9.17, 15) is 5.11 Å². The number of aromatic nitrogens is 2. The van der Waals surface area contributed by atoms with Gasteiger partial charge in [-0.15, -0.1) is 0 Å². The third-order valence-electron chi connectivity index (χ3n) is 6.21. The molecular formula is C24H36N6O3. The van der Waals surface area contributed by atoms with Crippen molar-refractivity contribution in [2.75, 3.05) is 76.4 Å². The number of hydrogen-bond acceptors (Lipinski definition) is 9. The number of aliphatic hydroxyl groups excluding tert-OH is 1. The molecule has 2 aromatic rings. The minimum atomic E-state index is -0.564. The lowest BCUT2D eigenvalue weighted by molar-refractivity contribution is 0.0853. The highest BCUT2D eigenvalue weighted by atomic mass is 16.5. The topological polar surface area (TPSA) is 95.0 Å². The number of nitrogens with zero attached hydrogens (tertiary/aromatic N) is 4. The molecule has 0 bridgehead atoms. The molecule has 2 saturated heterocycles. The van der Waals surface area contributed by atoms with E-state index >= 15 is 0 Å². The largest absolute Gasteiger partial charge is 0.491 e. The lowest BCUT2D eigenvalue weighted by atomic mass is 10.1. The molecule has 0 saturated carbocycles. The molecule has 0 radical (unpaired) electrons. The quantitative estimate of drug-likeness (QED) is 0.513. The summed E-state index contributed by atoms with van der Waals surface area (Å²) in [6.07, 6.45) is 1.43. The van der Waals surface area contributed by atoms with Crippen LogP contribution in [0, 0.1) is 0 Å². The van der Waals surface area contributed by atoms with Crippen LogP contribution in [0.25, 0.3) is 11.4 Å². The average molecular weight is 457 g/mol. The molecule has 0 spiro atoms. The van der Waals surface area contributed by atoms with Gasteiger partial charge in [0.25, 0.3) is 0 Å². The van der Waals surface area contributed by atoms with Crippen molar-refractivity contribution in [3.05, 3.63) is 30.3 Å². The minimum absolute atomic E-state index is 0.226. The van der Waals surface area contributed by atoms with Crippen molar-refractivity contribution in [2.45, 2.75) is 25.0 Å². The third-order valence-corrected chi connectivity index (χ3v) is 6.21. The molecule has 3 heterocycles. The van der Waals surface area contributed by atoms with Gasteiger partial charge >= 0.3 is 0 Å². The summed E-state index contributed by atoms with van der Waals surface area (Å²) in [7, 11) is 3.92. The first-order valence-corrected chi connectivity index (χ1v) is 11.9. The maximum atomic E-state index is 9.96. The van der Waals surface area contributed by atoms with E-state index in [2.05, 4.69) is 33.5 Å². The number of likely N-dealkylation sites (N-methyl/N-ethyl adjacent to an activating group) is 1. The molecule has 1 aromatic carbocycles. The first-order valence-electron chi connectivity index (χ1n) is 11.9. The molecule has 2 aliphatic heterocycles. The number of anilines is 2. The van der Waals surface area contributed by atoms with E-state index in [1.807, 2.05) is 31.3 Å². The smallest absolute Gasteiger partial charge is 0.163 e. The predicted octanol–water partition coefficient (Wildman–Crippen LogP) is 1.13. The maximum absolute atomic E-state index is 9.96. The third kappa shape index (κ3) is 6.32. The molecule has 1 aromatic heterocycles. The second-order valence-corrected chi connectivity index (χ2v) is 8.65. The monoisotopic (exact) mass is 456 g/mol. The zero-order valence-electron chi connectivity index (χ0n) is 19.7. The summed E-state index contributed by atoms with van der Waals surface area (Å²) in [4.78, 5) is 14.5. The van der Waals surface area contributed by atoms with Crippen LogP contribution >= 0.6 is 0 Å². The van der Waals surface area contributed by atoms with Crippen LogP contribution < -0.4 is 25.2 Å². The Morgan fingerprint density at radius 1 is 1.24 bits per heavy atom. The predicted molar refractivity (Wildman–Crippen MR) is 130 cm³/mol. The first-order chi connectivity index (χ1) is 16.1. The van der Waals surface area contributed by atoms with Crippen LogP contribution in [-0.2, 0) is 4.74 Å². The number of piperazine rings is 1. The van der Waals surface area contributed by atoms with Gasteiger partial charge in [0.05, 0.1) is 0 Å².